The minimum atomic E-state index is -2.00. The van der Waals surface area contributed by atoms with Crippen LogP contribution in [0.15, 0.2) is 66.7 Å². The first kappa shape index (κ1) is 53.0. The van der Waals surface area contributed by atoms with E-state index in [4.69, 9.17) is 9.72 Å². The molecule has 2 aliphatic carbocycles. The maximum atomic E-state index is 15.7. The molecule has 0 radical (unpaired) electrons. The first-order valence-corrected chi connectivity index (χ1v) is 26.9. The van der Waals surface area contributed by atoms with Crippen LogP contribution in [0.4, 0.5) is 20.3 Å². The second kappa shape index (κ2) is 21.9. The number of halogens is 2. The van der Waals surface area contributed by atoms with Crippen LogP contribution in [0.2, 0.25) is 0 Å². The number of β-amino-alcohol motifs (C(OH)–C–C–N with tert-alkyl or cyclic N) is 1. The number of aromatic nitrogens is 6. The second-order valence-electron chi connectivity index (χ2n) is 21.5. The summed E-state index contributed by atoms with van der Waals surface area (Å²) in [7, 11) is 0. The van der Waals surface area contributed by atoms with Crippen molar-refractivity contribution >= 4 is 58.0 Å². The van der Waals surface area contributed by atoms with Gasteiger partial charge in [0.1, 0.15) is 23.7 Å². The maximum absolute atomic E-state index is 15.7. The van der Waals surface area contributed by atoms with Crippen LogP contribution in [0.25, 0.3) is 27.3 Å². The molecule has 6 aromatic rings. The van der Waals surface area contributed by atoms with Gasteiger partial charge in [0, 0.05) is 87.2 Å². The summed E-state index contributed by atoms with van der Waals surface area (Å²) in [4.78, 5) is 86.8. The first-order chi connectivity index (χ1) is 36.9. The largest absolute Gasteiger partial charge is 0.493 e. The smallest absolute Gasteiger partial charge is 0.258 e. The molecular formula is C54H63F2N13O7S. The fourth-order valence-corrected chi connectivity index (χ4v) is 10.6. The molecule has 0 unspecified atom stereocenters. The number of hydrogen-bond acceptors (Lipinski definition) is 14. The van der Waals surface area contributed by atoms with Gasteiger partial charge in [0.25, 0.3) is 11.8 Å². The number of aromatic amines is 1. The van der Waals surface area contributed by atoms with Gasteiger partial charge >= 0.3 is 0 Å². The van der Waals surface area contributed by atoms with Crippen LogP contribution in [0, 0.1) is 18.2 Å². The fourth-order valence-electron chi connectivity index (χ4n) is 9.75. The molecule has 6 N–H and O–H groups in total. The van der Waals surface area contributed by atoms with Crippen molar-refractivity contribution in [3.63, 3.8) is 0 Å². The molecule has 4 aliphatic rings. The highest BCUT2D eigenvalue weighted by Gasteiger charge is 2.53. The fraction of sp³-hybridized carbons (Fsp3) is 0.463. The van der Waals surface area contributed by atoms with E-state index in [0.29, 0.717) is 67.8 Å². The molecule has 2 aliphatic heterocycles. The summed E-state index contributed by atoms with van der Waals surface area (Å²) in [6, 6.07) is 7.84. The number of ether oxygens (including phenoxy) is 1. The molecule has 5 amide bonds. The minimum absolute atomic E-state index is 0.0115. The molecule has 0 bridgehead atoms. The predicted molar refractivity (Wildman–Crippen MR) is 282 cm³/mol. The van der Waals surface area contributed by atoms with Gasteiger partial charge in [-0.15, -0.1) is 11.3 Å². The third-order valence-electron chi connectivity index (χ3n) is 14.6. The zero-order chi connectivity index (χ0) is 54.2. The predicted octanol–water partition coefficient (Wildman–Crippen LogP) is 5.27. The number of aryl methyl sites for hydroxylation is 1. The summed E-state index contributed by atoms with van der Waals surface area (Å²) in [6.07, 6.45) is 8.89. The number of benzene rings is 2. The van der Waals surface area contributed by atoms with Crippen molar-refractivity contribution in [2.75, 3.05) is 57.7 Å². The number of likely N-dealkylation sites (tertiary alicyclic amines) is 1. The third-order valence-corrected chi connectivity index (χ3v) is 15.6. The topological polar surface area (TPSA) is 244 Å². The Morgan fingerprint density at radius 1 is 1.00 bits per heavy atom. The Morgan fingerprint density at radius 3 is 2.48 bits per heavy atom. The van der Waals surface area contributed by atoms with Crippen LogP contribution < -0.4 is 26.0 Å². The van der Waals surface area contributed by atoms with E-state index < -0.39 is 52.8 Å². The molecule has 10 rings (SSSR count). The molecule has 0 spiro atoms. The number of anilines is 2. The van der Waals surface area contributed by atoms with Crippen LogP contribution in [0.5, 0.6) is 5.75 Å². The number of thiazole rings is 1. The quantitative estimate of drug-likeness (QED) is 0.0568. The lowest BCUT2D eigenvalue weighted by molar-refractivity contribution is -0.145. The Morgan fingerprint density at radius 2 is 1.79 bits per heavy atom. The number of alkyl halides is 1. The molecule has 3 atom stereocenters. The van der Waals surface area contributed by atoms with Gasteiger partial charge in [0.15, 0.2) is 17.1 Å². The van der Waals surface area contributed by atoms with E-state index in [2.05, 4.69) is 41.4 Å². The van der Waals surface area contributed by atoms with Gasteiger partial charge in [-0.1, -0.05) is 32.9 Å². The molecule has 4 aromatic heterocycles. The van der Waals surface area contributed by atoms with Crippen molar-refractivity contribution in [1.29, 1.82) is 0 Å². The Bertz CT molecular complexity index is 3180. The normalized spacial score (nSPS) is 18.7. The molecule has 77 heavy (non-hydrogen) atoms. The van der Waals surface area contributed by atoms with Crippen molar-refractivity contribution < 1.29 is 42.6 Å². The number of H-pyrrole nitrogens is 1. The summed E-state index contributed by atoms with van der Waals surface area (Å²) < 4.78 is 38.6. The zero-order valence-electron chi connectivity index (χ0n) is 43.4. The van der Waals surface area contributed by atoms with Gasteiger partial charge < -0.3 is 40.9 Å². The summed E-state index contributed by atoms with van der Waals surface area (Å²) in [5, 5.41) is 29.1. The molecular weight excluding hydrogens is 1010 g/mol. The number of nitrogens with zero attached hydrogens (tertiary/aromatic N) is 8. The number of nitrogens with one attached hydrogen (secondary N) is 5. The molecule has 6 heterocycles. The lowest BCUT2D eigenvalue weighted by Crippen LogP contribution is -2.59. The van der Waals surface area contributed by atoms with Crippen LogP contribution in [0.1, 0.15) is 92.5 Å². The molecule has 2 saturated heterocycles. The van der Waals surface area contributed by atoms with E-state index in [1.807, 2.05) is 40.6 Å². The van der Waals surface area contributed by atoms with E-state index in [1.54, 1.807) is 55.8 Å². The third kappa shape index (κ3) is 12.0. The van der Waals surface area contributed by atoms with Crippen LogP contribution in [-0.4, -0.2) is 155 Å². The standard InChI is InChI=1S/C54H63F2N13O7S/c1-31-45(77-30-60-31)33-8-9-35(23-59-49(72)41-22-37(70)27-69(41)51(74)46(53(2,3)4)65-52(75)54(56)12-13-54)43(21-33)76-19-5-14-57-44(71)29-66-15-17-67(18-16-66)50(73)34-10-11-39(38(55)20-34)63-47-48-58-26-42(36-24-61-62-25-36)68(48)28-40(64-47)32-6-7-32/h8-11,20-21,24-26,28,30,32,37,41,46,70H,5-7,12-19,22-23,27,29H2,1-4H3,(H,57,71)(H,59,72)(H,61,62)(H,63,64)(H,65,75)/t37-,41+,46-/m1/s1. The van der Waals surface area contributed by atoms with Gasteiger partial charge in [-0.05, 0) is 74.3 Å². The number of carbonyl (C=O) groups is 5. The van der Waals surface area contributed by atoms with Gasteiger partial charge in [-0.3, -0.25) is 38.4 Å². The summed E-state index contributed by atoms with van der Waals surface area (Å²) in [6.45, 7) is 9.37. The Balaban J connectivity index is 0.693. The molecule has 2 aromatic carbocycles. The number of fused-ring (bicyclic) bond motifs is 1. The van der Waals surface area contributed by atoms with Crippen molar-refractivity contribution in [2.45, 2.75) is 103 Å². The van der Waals surface area contributed by atoms with E-state index in [-0.39, 0.29) is 68.6 Å². The van der Waals surface area contributed by atoms with Crippen molar-refractivity contribution in [3.8, 4) is 27.4 Å². The first-order valence-electron chi connectivity index (χ1n) is 26.1. The lowest BCUT2D eigenvalue weighted by Gasteiger charge is -2.35. The maximum Gasteiger partial charge on any atom is 0.258 e. The highest BCUT2D eigenvalue weighted by molar-refractivity contribution is 7.13. The van der Waals surface area contributed by atoms with E-state index in [0.717, 1.165) is 45.9 Å². The lowest BCUT2D eigenvalue weighted by atomic mass is 9.85. The molecule has 23 heteroatoms. The Hall–Kier alpha value is -7.37. The highest BCUT2D eigenvalue weighted by Crippen LogP contribution is 2.42. The van der Waals surface area contributed by atoms with Gasteiger partial charge in [0.2, 0.25) is 17.7 Å². The number of aliphatic hydroxyl groups is 1. The van der Waals surface area contributed by atoms with Crippen LogP contribution >= 0.6 is 11.3 Å². The van der Waals surface area contributed by atoms with E-state index in [9.17, 15) is 33.5 Å². The van der Waals surface area contributed by atoms with Crippen molar-refractivity contribution in [3.05, 3.63) is 95.0 Å². The Kier molecular flexibility index (Phi) is 15.1. The second-order valence-corrected chi connectivity index (χ2v) is 22.3. The molecule has 20 nitrogen and oxygen atoms in total. The van der Waals surface area contributed by atoms with E-state index >= 15 is 4.39 Å². The van der Waals surface area contributed by atoms with Gasteiger partial charge in [0.05, 0.1) is 64.8 Å². The summed E-state index contributed by atoms with van der Waals surface area (Å²) in [5.74, 6) is -1.78. The monoisotopic (exact) mass is 1080 g/mol. The van der Waals surface area contributed by atoms with Gasteiger partial charge in [-0.25, -0.2) is 23.7 Å². The molecule has 2 saturated carbocycles. The number of hydrogen-bond donors (Lipinski definition) is 6. The van der Waals surface area contributed by atoms with Gasteiger partial charge in [-0.2, -0.15) is 5.10 Å². The summed E-state index contributed by atoms with van der Waals surface area (Å²) >= 11 is 1.48. The number of rotatable bonds is 19. The number of aliphatic hydroxyl groups excluding tert-OH is 1. The number of piperazine rings is 1. The number of carbonyl (C=O) groups excluding carboxylic acids is 5. The average Bonchev–Trinajstić information content (AvgIpc) is 4.12. The Labute approximate surface area is 447 Å². The van der Waals surface area contributed by atoms with Crippen LogP contribution in [-0.2, 0) is 25.7 Å². The minimum Gasteiger partial charge on any atom is -0.493 e. The summed E-state index contributed by atoms with van der Waals surface area (Å²) in [5.41, 5.74) is 4.79. The number of amides is 5. The van der Waals surface area contributed by atoms with Crippen molar-refractivity contribution in [1.82, 2.24) is 60.2 Å². The number of imidazole rings is 1. The highest BCUT2D eigenvalue weighted by atomic mass is 32.1. The van der Waals surface area contributed by atoms with Crippen molar-refractivity contribution in [2.24, 2.45) is 5.41 Å². The SMILES string of the molecule is Cc1ncsc1-c1ccc(CNC(=O)[C@@H]2C[C@@H](O)CN2C(=O)[C@@H](NC(=O)C2(F)CC2)C(C)(C)C)c(OCCCNC(=O)CN2CCN(C(=O)c3ccc(Nc4nc(C5CC5)cn5c(-c6cn[nH]c6)cnc45)c(F)c3)CC2)c1. The molecule has 406 valence electrons. The van der Waals surface area contributed by atoms with Crippen LogP contribution in [0.3, 0.4) is 0 Å². The average molecular weight is 1080 g/mol. The van der Waals surface area contributed by atoms with E-state index in [1.165, 1.54) is 28.4 Å². The zero-order valence-corrected chi connectivity index (χ0v) is 44.2. The molecule has 4 fully saturated rings.